The summed E-state index contributed by atoms with van der Waals surface area (Å²) in [7, 11) is 0. The predicted octanol–water partition coefficient (Wildman–Crippen LogP) is 3.78. The van der Waals surface area contributed by atoms with Crippen molar-refractivity contribution in [2.75, 3.05) is 6.54 Å². The van der Waals surface area contributed by atoms with Gasteiger partial charge < -0.3 is 14.6 Å². The fourth-order valence-electron chi connectivity index (χ4n) is 3.16. The summed E-state index contributed by atoms with van der Waals surface area (Å²) in [4.78, 5) is 28.9. The second kappa shape index (κ2) is 7.40. The SMILES string of the molecule is Cc1ccc(C(=O)N2CCc3sc(C(=O)NCc4ccco4)cc3C2)cc1. The lowest BCUT2D eigenvalue weighted by Gasteiger charge is -2.27. The zero-order chi connectivity index (χ0) is 18.8. The first-order valence-electron chi connectivity index (χ1n) is 8.88. The summed E-state index contributed by atoms with van der Waals surface area (Å²) >= 11 is 1.51. The molecule has 0 atom stereocenters. The van der Waals surface area contributed by atoms with E-state index in [4.69, 9.17) is 4.42 Å². The molecule has 1 aromatic carbocycles. The molecule has 138 valence electrons. The van der Waals surface area contributed by atoms with Crippen molar-refractivity contribution in [1.82, 2.24) is 10.2 Å². The lowest BCUT2D eigenvalue weighted by atomic mass is 10.1. The first-order valence-corrected chi connectivity index (χ1v) is 9.70. The summed E-state index contributed by atoms with van der Waals surface area (Å²) in [5.41, 5.74) is 2.90. The zero-order valence-corrected chi connectivity index (χ0v) is 15.8. The van der Waals surface area contributed by atoms with Crippen LogP contribution >= 0.6 is 11.3 Å². The van der Waals surface area contributed by atoms with Gasteiger partial charge in [-0.05, 0) is 49.2 Å². The van der Waals surface area contributed by atoms with Crippen LogP contribution in [0.1, 0.15) is 41.8 Å². The highest BCUT2D eigenvalue weighted by atomic mass is 32.1. The molecule has 0 aliphatic carbocycles. The molecule has 4 rings (SSSR count). The first kappa shape index (κ1) is 17.5. The summed E-state index contributed by atoms with van der Waals surface area (Å²) < 4.78 is 5.24. The van der Waals surface area contributed by atoms with Gasteiger partial charge in [-0.3, -0.25) is 9.59 Å². The molecule has 0 fully saturated rings. The zero-order valence-electron chi connectivity index (χ0n) is 15.0. The molecule has 1 aliphatic rings. The van der Waals surface area contributed by atoms with Gasteiger partial charge in [-0.25, -0.2) is 0 Å². The fraction of sp³-hybridized carbons (Fsp3) is 0.238. The van der Waals surface area contributed by atoms with Gasteiger partial charge in [-0.15, -0.1) is 11.3 Å². The summed E-state index contributed by atoms with van der Waals surface area (Å²) in [6.07, 6.45) is 2.37. The number of carbonyl (C=O) groups excluding carboxylic acids is 2. The van der Waals surface area contributed by atoms with E-state index in [0.717, 1.165) is 23.3 Å². The number of nitrogens with one attached hydrogen (secondary N) is 1. The van der Waals surface area contributed by atoms with Crippen LogP contribution < -0.4 is 5.32 Å². The number of amides is 2. The van der Waals surface area contributed by atoms with E-state index in [0.29, 0.717) is 30.1 Å². The molecule has 5 nitrogen and oxygen atoms in total. The van der Waals surface area contributed by atoms with Crippen molar-refractivity contribution in [3.8, 4) is 0 Å². The summed E-state index contributed by atoms with van der Waals surface area (Å²) in [5, 5.41) is 2.87. The molecule has 3 heterocycles. The van der Waals surface area contributed by atoms with Crippen molar-refractivity contribution in [1.29, 1.82) is 0 Å². The molecule has 1 aliphatic heterocycles. The van der Waals surface area contributed by atoms with Crippen molar-refractivity contribution < 1.29 is 14.0 Å². The van der Waals surface area contributed by atoms with Crippen LogP contribution in [0.2, 0.25) is 0 Å². The summed E-state index contributed by atoms with van der Waals surface area (Å²) in [6, 6.07) is 13.2. The minimum Gasteiger partial charge on any atom is -0.467 e. The molecule has 0 radical (unpaired) electrons. The molecule has 2 amide bonds. The Balaban J connectivity index is 1.43. The number of hydrogen-bond acceptors (Lipinski definition) is 4. The fourth-order valence-corrected chi connectivity index (χ4v) is 4.24. The van der Waals surface area contributed by atoms with E-state index >= 15 is 0 Å². The highest BCUT2D eigenvalue weighted by Gasteiger charge is 2.25. The summed E-state index contributed by atoms with van der Waals surface area (Å²) in [5.74, 6) is 0.650. The monoisotopic (exact) mass is 380 g/mol. The number of aryl methyl sites for hydroxylation is 1. The molecule has 3 aromatic rings. The maximum atomic E-state index is 12.7. The molecule has 0 saturated heterocycles. The van der Waals surface area contributed by atoms with Crippen LogP contribution in [0, 0.1) is 6.92 Å². The predicted molar refractivity (Wildman–Crippen MR) is 104 cm³/mol. The molecular weight excluding hydrogens is 360 g/mol. The van der Waals surface area contributed by atoms with Gasteiger partial charge in [-0.1, -0.05) is 17.7 Å². The Morgan fingerprint density at radius 1 is 1.22 bits per heavy atom. The van der Waals surface area contributed by atoms with Gasteiger partial charge in [0.1, 0.15) is 5.76 Å². The largest absolute Gasteiger partial charge is 0.467 e. The number of furan rings is 1. The first-order chi connectivity index (χ1) is 13.1. The second-order valence-corrected chi connectivity index (χ2v) is 7.80. The Hall–Kier alpha value is -2.86. The van der Waals surface area contributed by atoms with Gasteiger partial charge in [0.15, 0.2) is 0 Å². The maximum absolute atomic E-state index is 12.7. The van der Waals surface area contributed by atoms with Crippen LogP contribution in [0.15, 0.2) is 53.1 Å². The number of hydrogen-bond donors (Lipinski definition) is 1. The average molecular weight is 380 g/mol. The van der Waals surface area contributed by atoms with Crippen molar-refractivity contribution in [3.05, 3.63) is 80.9 Å². The normalized spacial score (nSPS) is 13.3. The Morgan fingerprint density at radius 2 is 2.04 bits per heavy atom. The van der Waals surface area contributed by atoms with E-state index in [-0.39, 0.29) is 11.8 Å². The van der Waals surface area contributed by atoms with Crippen LogP contribution in [0.25, 0.3) is 0 Å². The van der Waals surface area contributed by atoms with Crippen LogP contribution in [0.4, 0.5) is 0 Å². The van der Waals surface area contributed by atoms with Gasteiger partial charge in [0.2, 0.25) is 0 Å². The van der Waals surface area contributed by atoms with Crippen molar-refractivity contribution >= 4 is 23.2 Å². The van der Waals surface area contributed by atoms with Crippen molar-refractivity contribution in [3.63, 3.8) is 0 Å². The summed E-state index contributed by atoms with van der Waals surface area (Å²) in [6.45, 7) is 3.59. The minimum absolute atomic E-state index is 0.0377. The van der Waals surface area contributed by atoms with Gasteiger partial charge in [0.05, 0.1) is 17.7 Å². The third kappa shape index (κ3) is 3.80. The Labute approximate surface area is 161 Å². The Bertz CT molecular complexity index is 958. The van der Waals surface area contributed by atoms with Gasteiger partial charge in [0.25, 0.3) is 11.8 Å². The van der Waals surface area contributed by atoms with E-state index < -0.39 is 0 Å². The van der Waals surface area contributed by atoms with Crippen LogP contribution in [-0.4, -0.2) is 23.3 Å². The molecule has 0 unspecified atom stereocenters. The highest BCUT2D eigenvalue weighted by molar-refractivity contribution is 7.14. The van der Waals surface area contributed by atoms with Gasteiger partial charge in [-0.2, -0.15) is 0 Å². The van der Waals surface area contributed by atoms with Crippen molar-refractivity contribution in [2.24, 2.45) is 0 Å². The number of carbonyl (C=O) groups is 2. The van der Waals surface area contributed by atoms with E-state index in [1.54, 1.807) is 12.3 Å². The average Bonchev–Trinajstić information content (AvgIpc) is 3.35. The molecule has 6 heteroatoms. The Kier molecular flexibility index (Phi) is 4.81. The molecule has 27 heavy (non-hydrogen) atoms. The van der Waals surface area contributed by atoms with Crippen LogP contribution in [0.3, 0.4) is 0 Å². The highest BCUT2D eigenvalue weighted by Crippen LogP contribution is 2.29. The number of rotatable bonds is 4. The lowest BCUT2D eigenvalue weighted by Crippen LogP contribution is -2.35. The maximum Gasteiger partial charge on any atom is 0.261 e. The molecule has 0 saturated carbocycles. The molecular formula is C21H20N2O3S. The van der Waals surface area contributed by atoms with Crippen LogP contribution in [-0.2, 0) is 19.5 Å². The quantitative estimate of drug-likeness (QED) is 0.749. The molecule has 1 N–H and O–H groups in total. The number of benzene rings is 1. The number of fused-ring (bicyclic) bond motifs is 1. The third-order valence-corrected chi connectivity index (χ3v) is 5.92. The smallest absolute Gasteiger partial charge is 0.261 e. The van der Waals surface area contributed by atoms with Crippen LogP contribution in [0.5, 0.6) is 0 Å². The van der Waals surface area contributed by atoms with E-state index in [1.807, 2.05) is 48.2 Å². The molecule has 2 aromatic heterocycles. The van der Waals surface area contributed by atoms with Gasteiger partial charge in [0, 0.05) is 23.5 Å². The van der Waals surface area contributed by atoms with E-state index in [2.05, 4.69) is 5.32 Å². The lowest BCUT2D eigenvalue weighted by molar-refractivity contribution is 0.0736. The third-order valence-electron chi connectivity index (χ3n) is 4.68. The number of thiophene rings is 1. The Morgan fingerprint density at radius 3 is 2.78 bits per heavy atom. The molecule has 0 bridgehead atoms. The van der Waals surface area contributed by atoms with E-state index in [1.165, 1.54) is 16.2 Å². The molecule has 0 spiro atoms. The topological polar surface area (TPSA) is 62.6 Å². The minimum atomic E-state index is -0.109. The van der Waals surface area contributed by atoms with Gasteiger partial charge >= 0.3 is 0 Å². The van der Waals surface area contributed by atoms with E-state index in [9.17, 15) is 9.59 Å². The second-order valence-electron chi connectivity index (χ2n) is 6.66. The standard InChI is InChI=1S/C21H20N2O3S/c1-14-4-6-15(7-5-14)21(25)23-9-8-18-16(13-23)11-19(27-18)20(24)22-12-17-3-2-10-26-17/h2-7,10-11H,8-9,12-13H2,1H3,(H,22,24). The van der Waals surface area contributed by atoms with Crippen molar-refractivity contribution in [2.45, 2.75) is 26.4 Å². The number of nitrogens with zero attached hydrogens (tertiary/aromatic N) is 1.